The van der Waals surface area contributed by atoms with Crippen LogP contribution < -0.4 is 5.32 Å². The first kappa shape index (κ1) is 12.2. The number of aromatic carboxylic acids is 1. The number of carbonyl (C=O) groups is 1. The zero-order chi connectivity index (χ0) is 13.7. The van der Waals surface area contributed by atoms with Crippen LogP contribution in [0.25, 0.3) is 0 Å². The summed E-state index contributed by atoms with van der Waals surface area (Å²) in [6, 6.07) is 0. The van der Waals surface area contributed by atoms with Crippen molar-refractivity contribution < 1.29 is 14.6 Å². The molecule has 6 nitrogen and oxygen atoms in total. The highest BCUT2D eigenvalue weighted by atomic mass is 16.5. The van der Waals surface area contributed by atoms with Gasteiger partial charge in [0, 0.05) is 31.0 Å². The van der Waals surface area contributed by atoms with Gasteiger partial charge in [-0.15, -0.1) is 0 Å². The van der Waals surface area contributed by atoms with Gasteiger partial charge in [0.05, 0.1) is 17.9 Å². The Morgan fingerprint density at radius 1 is 1.35 bits per heavy atom. The highest BCUT2D eigenvalue weighted by Crippen LogP contribution is 2.43. The zero-order valence-electron chi connectivity index (χ0n) is 11.1. The lowest BCUT2D eigenvalue weighted by Gasteiger charge is -2.22. The van der Waals surface area contributed by atoms with E-state index in [2.05, 4.69) is 15.3 Å². The standard InChI is InChI=1S/C14H17N3O3/c18-14(19)12-9-6-15-4-3-10(9)16-13(17-12)8-5-7-1-2-11(8)20-7/h7-8,11,15H,1-6H2,(H,18,19). The van der Waals surface area contributed by atoms with Gasteiger partial charge in [-0.1, -0.05) is 0 Å². The molecule has 0 amide bonds. The van der Waals surface area contributed by atoms with E-state index in [1.807, 2.05) is 0 Å². The smallest absolute Gasteiger partial charge is 0.354 e. The first-order valence-corrected chi connectivity index (χ1v) is 7.21. The first-order chi connectivity index (χ1) is 9.72. The van der Waals surface area contributed by atoms with E-state index in [1.54, 1.807) is 0 Å². The predicted molar refractivity (Wildman–Crippen MR) is 69.7 cm³/mol. The Kier molecular flexibility index (Phi) is 2.75. The van der Waals surface area contributed by atoms with Gasteiger partial charge in [0.2, 0.25) is 0 Å². The van der Waals surface area contributed by atoms with Crippen molar-refractivity contribution in [2.45, 2.75) is 50.4 Å². The molecule has 2 bridgehead atoms. The number of fused-ring (bicyclic) bond motifs is 3. The molecule has 3 aliphatic heterocycles. The second-order valence-electron chi connectivity index (χ2n) is 5.80. The molecule has 1 aromatic rings. The molecule has 3 atom stereocenters. The lowest BCUT2D eigenvalue weighted by molar-refractivity contribution is 0.0686. The van der Waals surface area contributed by atoms with Gasteiger partial charge in [0.15, 0.2) is 5.69 Å². The lowest BCUT2D eigenvalue weighted by atomic mass is 9.88. The Bertz CT molecular complexity index is 575. The molecule has 4 heterocycles. The van der Waals surface area contributed by atoms with E-state index in [0.29, 0.717) is 18.5 Å². The average molecular weight is 275 g/mol. The van der Waals surface area contributed by atoms with Crippen molar-refractivity contribution in [3.05, 3.63) is 22.8 Å². The summed E-state index contributed by atoms with van der Waals surface area (Å²) < 4.78 is 5.84. The van der Waals surface area contributed by atoms with Gasteiger partial charge in [-0.3, -0.25) is 0 Å². The molecule has 0 radical (unpaired) electrons. The van der Waals surface area contributed by atoms with Gasteiger partial charge in [-0.2, -0.15) is 0 Å². The number of hydrogen-bond donors (Lipinski definition) is 2. The van der Waals surface area contributed by atoms with Crippen LogP contribution in [0.2, 0.25) is 0 Å². The second-order valence-corrected chi connectivity index (χ2v) is 5.80. The van der Waals surface area contributed by atoms with Crippen LogP contribution in [-0.4, -0.2) is 39.8 Å². The summed E-state index contributed by atoms with van der Waals surface area (Å²) in [4.78, 5) is 20.5. The molecule has 6 heteroatoms. The maximum atomic E-state index is 11.5. The third-order valence-electron chi connectivity index (χ3n) is 4.59. The molecule has 2 saturated heterocycles. The summed E-state index contributed by atoms with van der Waals surface area (Å²) >= 11 is 0. The quantitative estimate of drug-likeness (QED) is 0.832. The van der Waals surface area contributed by atoms with E-state index in [9.17, 15) is 9.90 Å². The molecule has 0 spiro atoms. The van der Waals surface area contributed by atoms with E-state index in [0.717, 1.165) is 43.5 Å². The third kappa shape index (κ3) is 1.83. The van der Waals surface area contributed by atoms with Gasteiger partial charge in [0.1, 0.15) is 5.82 Å². The highest BCUT2D eigenvalue weighted by Gasteiger charge is 2.43. The minimum absolute atomic E-state index is 0.167. The number of aromatic nitrogens is 2. The minimum Gasteiger partial charge on any atom is -0.476 e. The molecular weight excluding hydrogens is 258 g/mol. The van der Waals surface area contributed by atoms with Crippen molar-refractivity contribution in [1.82, 2.24) is 15.3 Å². The van der Waals surface area contributed by atoms with Crippen LogP contribution >= 0.6 is 0 Å². The fourth-order valence-corrected chi connectivity index (χ4v) is 3.61. The number of carboxylic acids is 1. The van der Waals surface area contributed by atoms with Gasteiger partial charge in [-0.25, -0.2) is 14.8 Å². The topological polar surface area (TPSA) is 84.3 Å². The van der Waals surface area contributed by atoms with Crippen molar-refractivity contribution in [2.24, 2.45) is 0 Å². The first-order valence-electron chi connectivity index (χ1n) is 7.21. The van der Waals surface area contributed by atoms with Crippen molar-refractivity contribution in [3.8, 4) is 0 Å². The van der Waals surface area contributed by atoms with E-state index in [4.69, 9.17) is 4.74 Å². The van der Waals surface area contributed by atoms with Crippen molar-refractivity contribution in [3.63, 3.8) is 0 Å². The summed E-state index contributed by atoms with van der Waals surface area (Å²) in [6.45, 7) is 1.39. The summed E-state index contributed by atoms with van der Waals surface area (Å²) in [5.41, 5.74) is 1.81. The van der Waals surface area contributed by atoms with Crippen LogP contribution in [0, 0.1) is 0 Å². The minimum atomic E-state index is -0.960. The fourth-order valence-electron chi connectivity index (χ4n) is 3.61. The van der Waals surface area contributed by atoms with Gasteiger partial charge in [-0.05, 0) is 19.3 Å². The van der Waals surface area contributed by atoms with Crippen LogP contribution in [0.5, 0.6) is 0 Å². The average Bonchev–Trinajstić information content (AvgIpc) is 3.08. The molecule has 2 fully saturated rings. The Labute approximate surface area is 116 Å². The Morgan fingerprint density at radius 3 is 2.95 bits per heavy atom. The molecule has 3 aliphatic rings. The van der Waals surface area contributed by atoms with Gasteiger partial charge >= 0.3 is 5.97 Å². The fraction of sp³-hybridized carbons (Fsp3) is 0.643. The Balaban J connectivity index is 1.77. The molecule has 1 aromatic heterocycles. The summed E-state index contributed by atoms with van der Waals surface area (Å²) in [5.74, 6) is -0.111. The zero-order valence-corrected chi connectivity index (χ0v) is 11.1. The normalized spacial score (nSPS) is 31.3. The molecule has 4 rings (SSSR count). The monoisotopic (exact) mass is 275 g/mol. The number of rotatable bonds is 2. The van der Waals surface area contributed by atoms with Gasteiger partial charge in [0.25, 0.3) is 0 Å². The van der Waals surface area contributed by atoms with Crippen LogP contribution in [-0.2, 0) is 17.7 Å². The molecule has 0 aliphatic carbocycles. The van der Waals surface area contributed by atoms with Crippen LogP contribution in [0.4, 0.5) is 0 Å². The maximum Gasteiger partial charge on any atom is 0.354 e. The maximum absolute atomic E-state index is 11.5. The molecular formula is C14H17N3O3. The highest BCUT2D eigenvalue weighted by molar-refractivity contribution is 5.87. The molecule has 106 valence electrons. The van der Waals surface area contributed by atoms with Crippen molar-refractivity contribution in [2.75, 3.05) is 6.54 Å². The molecule has 0 aromatic carbocycles. The van der Waals surface area contributed by atoms with Crippen LogP contribution in [0.3, 0.4) is 0 Å². The number of carboxylic acid groups (broad SMARTS) is 1. The largest absolute Gasteiger partial charge is 0.476 e. The molecule has 0 saturated carbocycles. The van der Waals surface area contributed by atoms with Gasteiger partial charge < -0.3 is 15.2 Å². The summed E-state index contributed by atoms with van der Waals surface area (Å²) in [6.07, 6.45) is 4.36. The Hall–Kier alpha value is -1.53. The lowest BCUT2D eigenvalue weighted by Crippen LogP contribution is -2.29. The molecule has 2 N–H and O–H groups in total. The number of ether oxygens (including phenoxy) is 1. The predicted octanol–water partition coefficient (Wildman–Crippen LogP) is 0.855. The molecule has 20 heavy (non-hydrogen) atoms. The van der Waals surface area contributed by atoms with E-state index in [-0.39, 0.29) is 17.7 Å². The number of nitrogens with one attached hydrogen (secondary N) is 1. The summed E-state index contributed by atoms with van der Waals surface area (Å²) in [7, 11) is 0. The van der Waals surface area contributed by atoms with Crippen LogP contribution in [0.15, 0.2) is 0 Å². The van der Waals surface area contributed by atoms with Crippen LogP contribution in [0.1, 0.15) is 52.8 Å². The Morgan fingerprint density at radius 2 is 2.25 bits per heavy atom. The summed E-state index contributed by atoms with van der Waals surface area (Å²) in [5, 5.41) is 12.6. The van der Waals surface area contributed by atoms with E-state index in [1.165, 1.54) is 0 Å². The van der Waals surface area contributed by atoms with E-state index < -0.39 is 5.97 Å². The molecule has 3 unspecified atom stereocenters. The second kappa shape index (κ2) is 4.49. The SMILES string of the molecule is O=C(O)c1nc(C2CC3CCC2O3)nc2c1CNCC2. The third-order valence-corrected chi connectivity index (χ3v) is 4.59. The van der Waals surface area contributed by atoms with E-state index >= 15 is 0 Å². The number of nitrogens with zero attached hydrogens (tertiary/aromatic N) is 2. The van der Waals surface area contributed by atoms with Crippen molar-refractivity contribution in [1.29, 1.82) is 0 Å². The number of hydrogen-bond acceptors (Lipinski definition) is 5. The van der Waals surface area contributed by atoms with Crippen molar-refractivity contribution >= 4 is 5.97 Å².